The lowest BCUT2D eigenvalue weighted by Gasteiger charge is -2.23. The maximum atomic E-state index is 11.7. The third-order valence-electron chi connectivity index (χ3n) is 3.02. The zero-order valence-electron chi connectivity index (χ0n) is 12.8. The SMILES string of the molecule is CCOC(=O)CCS(=O)(=O)NCCC(C)(C)CCC(=O)O. The number of sulfonamides is 1. The Morgan fingerprint density at radius 3 is 2.33 bits per heavy atom. The minimum atomic E-state index is -3.52. The molecular weight excluding hydrogens is 298 g/mol. The summed E-state index contributed by atoms with van der Waals surface area (Å²) >= 11 is 0. The summed E-state index contributed by atoms with van der Waals surface area (Å²) in [6.07, 6.45) is 0.889. The smallest absolute Gasteiger partial charge is 0.306 e. The van der Waals surface area contributed by atoms with Gasteiger partial charge in [-0.15, -0.1) is 0 Å². The molecule has 0 aromatic rings. The minimum Gasteiger partial charge on any atom is -0.481 e. The molecular formula is C13H25NO6S. The molecule has 0 bridgehead atoms. The fraction of sp³-hybridized carbons (Fsp3) is 0.846. The van der Waals surface area contributed by atoms with Gasteiger partial charge >= 0.3 is 11.9 Å². The Bertz CT molecular complexity index is 444. The van der Waals surface area contributed by atoms with E-state index in [1.165, 1.54) is 0 Å². The zero-order chi connectivity index (χ0) is 16.5. The first kappa shape index (κ1) is 19.9. The van der Waals surface area contributed by atoms with Crippen molar-refractivity contribution in [3.63, 3.8) is 0 Å². The van der Waals surface area contributed by atoms with Crippen LogP contribution in [-0.2, 0) is 24.3 Å². The van der Waals surface area contributed by atoms with E-state index in [0.717, 1.165) is 0 Å². The van der Waals surface area contributed by atoms with Crippen LogP contribution in [0.2, 0.25) is 0 Å². The quantitative estimate of drug-likeness (QED) is 0.552. The number of carboxylic acids is 1. The second-order valence-corrected chi connectivity index (χ2v) is 7.50. The van der Waals surface area contributed by atoms with E-state index in [9.17, 15) is 18.0 Å². The lowest BCUT2D eigenvalue weighted by molar-refractivity contribution is -0.142. The number of ether oxygens (including phenoxy) is 1. The molecule has 0 radical (unpaired) electrons. The Labute approximate surface area is 126 Å². The standard InChI is InChI=1S/C13H25NO6S/c1-4-20-12(17)6-10-21(18,19)14-9-8-13(2,3)7-5-11(15)16/h14H,4-10H2,1-3H3,(H,15,16). The summed E-state index contributed by atoms with van der Waals surface area (Å²) in [5, 5.41) is 8.64. The highest BCUT2D eigenvalue weighted by atomic mass is 32.2. The van der Waals surface area contributed by atoms with E-state index in [1.807, 2.05) is 13.8 Å². The zero-order valence-corrected chi connectivity index (χ0v) is 13.7. The number of aliphatic carboxylic acids is 1. The van der Waals surface area contributed by atoms with Gasteiger partial charge in [0.15, 0.2) is 0 Å². The number of hydrogen-bond donors (Lipinski definition) is 2. The molecule has 0 heterocycles. The van der Waals surface area contributed by atoms with Gasteiger partial charge in [0, 0.05) is 13.0 Å². The van der Waals surface area contributed by atoms with Gasteiger partial charge in [-0.25, -0.2) is 13.1 Å². The van der Waals surface area contributed by atoms with Crippen LogP contribution in [0.3, 0.4) is 0 Å². The van der Waals surface area contributed by atoms with Gasteiger partial charge in [0.05, 0.1) is 18.8 Å². The number of esters is 1. The number of rotatable bonds is 11. The van der Waals surface area contributed by atoms with E-state index >= 15 is 0 Å². The maximum absolute atomic E-state index is 11.7. The monoisotopic (exact) mass is 323 g/mol. The highest BCUT2D eigenvalue weighted by Gasteiger charge is 2.20. The summed E-state index contributed by atoms with van der Waals surface area (Å²) in [5.41, 5.74) is -0.262. The summed E-state index contributed by atoms with van der Waals surface area (Å²) in [4.78, 5) is 21.6. The molecule has 0 aromatic carbocycles. The summed E-state index contributed by atoms with van der Waals surface area (Å²) < 4.78 is 30.4. The molecule has 0 fully saturated rings. The van der Waals surface area contributed by atoms with Crippen molar-refractivity contribution < 1.29 is 27.9 Å². The molecule has 0 aromatic heterocycles. The minimum absolute atomic E-state index is 0.0581. The van der Waals surface area contributed by atoms with Crippen molar-refractivity contribution in [2.45, 2.75) is 46.5 Å². The number of carboxylic acid groups (broad SMARTS) is 1. The predicted octanol–water partition coefficient (Wildman–Crippen LogP) is 1.14. The molecule has 7 nitrogen and oxygen atoms in total. The van der Waals surface area contributed by atoms with Crippen LogP contribution in [0.5, 0.6) is 0 Å². The number of carbonyl (C=O) groups is 2. The van der Waals surface area contributed by atoms with Gasteiger partial charge in [0.2, 0.25) is 10.0 Å². The Morgan fingerprint density at radius 1 is 1.19 bits per heavy atom. The molecule has 0 saturated heterocycles. The molecule has 8 heteroatoms. The van der Waals surface area contributed by atoms with Gasteiger partial charge in [0.25, 0.3) is 0 Å². The summed E-state index contributed by atoms with van der Waals surface area (Å²) in [5.74, 6) is -1.70. The van der Waals surface area contributed by atoms with E-state index in [4.69, 9.17) is 5.11 Å². The first-order chi connectivity index (χ1) is 9.58. The van der Waals surface area contributed by atoms with Gasteiger partial charge in [-0.1, -0.05) is 13.8 Å². The third kappa shape index (κ3) is 11.2. The van der Waals surface area contributed by atoms with Crippen molar-refractivity contribution in [2.24, 2.45) is 5.41 Å². The number of carbonyl (C=O) groups excluding carboxylic acids is 1. The van der Waals surface area contributed by atoms with Crippen molar-refractivity contribution in [2.75, 3.05) is 18.9 Å². The second kappa shape index (κ2) is 8.99. The Hall–Kier alpha value is -1.15. The molecule has 0 aliphatic carbocycles. The highest BCUT2D eigenvalue weighted by Crippen LogP contribution is 2.26. The van der Waals surface area contributed by atoms with E-state index < -0.39 is 22.0 Å². The molecule has 0 aliphatic rings. The van der Waals surface area contributed by atoms with E-state index in [0.29, 0.717) is 12.8 Å². The van der Waals surface area contributed by atoms with Gasteiger partial charge in [-0.05, 0) is 25.2 Å². The largest absolute Gasteiger partial charge is 0.481 e. The predicted molar refractivity (Wildman–Crippen MR) is 78.3 cm³/mol. The number of nitrogens with one attached hydrogen (secondary N) is 1. The van der Waals surface area contributed by atoms with Gasteiger partial charge < -0.3 is 9.84 Å². The molecule has 2 N–H and O–H groups in total. The molecule has 0 rings (SSSR count). The topological polar surface area (TPSA) is 110 Å². The molecule has 124 valence electrons. The van der Waals surface area contributed by atoms with Crippen molar-refractivity contribution in [3.05, 3.63) is 0 Å². The Balaban J connectivity index is 4.08. The van der Waals surface area contributed by atoms with Gasteiger partial charge in [0.1, 0.15) is 0 Å². The van der Waals surface area contributed by atoms with Crippen molar-refractivity contribution in [1.29, 1.82) is 0 Å². The molecule has 21 heavy (non-hydrogen) atoms. The van der Waals surface area contributed by atoms with Crippen LogP contribution in [0.25, 0.3) is 0 Å². The summed E-state index contributed by atoms with van der Waals surface area (Å²) in [6.45, 7) is 5.89. The first-order valence-electron chi connectivity index (χ1n) is 6.93. The summed E-state index contributed by atoms with van der Waals surface area (Å²) in [7, 11) is -3.52. The lowest BCUT2D eigenvalue weighted by atomic mass is 9.84. The number of hydrogen-bond acceptors (Lipinski definition) is 5. The van der Waals surface area contributed by atoms with Crippen LogP contribution in [0, 0.1) is 5.41 Å². The molecule has 0 atom stereocenters. The normalized spacial score (nSPS) is 12.1. The molecule has 0 saturated carbocycles. The van der Waals surface area contributed by atoms with E-state index in [1.54, 1.807) is 6.92 Å². The molecule has 0 amide bonds. The fourth-order valence-corrected chi connectivity index (χ4v) is 2.63. The lowest BCUT2D eigenvalue weighted by Crippen LogP contribution is -2.31. The van der Waals surface area contributed by atoms with Crippen LogP contribution in [-0.4, -0.2) is 44.4 Å². The fourth-order valence-electron chi connectivity index (χ4n) is 1.64. The summed E-state index contributed by atoms with van der Waals surface area (Å²) in [6, 6.07) is 0. The van der Waals surface area contributed by atoms with Crippen molar-refractivity contribution in [3.8, 4) is 0 Å². The Kier molecular flexibility index (Phi) is 8.50. The van der Waals surface area contributed by atoms with E-state index in [-0.39, 0.29) is 37.2 Å². The van der Waals surface area contributed by atoms with Crippen LogP contribution >= 0.6 is 0 Å². The van der Waals surface area contributed by atoms with Gasteiger partial charge in [-0.3, -0.25) is 9.59 Å². The average Bonchev–Trinajstić information content (AvgIpc) is 2.34. The van der Waals surface area contributed by atoms with Crippen molar-refractivity contribution in [1.82, 2.24) is 4.72 Å². The van der Waals surface area contributed by atoms with Crippen LogP contribution < -0.4 is 4.72 Å². The molecule has 0 aliphatic heterocycles. The van der Waals surface area contributed by atoms with E-state index in [2.05, 4.69) is 9.46 Å². The average molecular weight is 323 g/mol. The van der Waals surface area contributed by atoms with Crippen LogP contribution in [0.1, 0.15) is 46.5 Å². The second-order valence-electron chi connectivity index (χ2n) is 5.58. The first-order valence-corrected chi connectivity index (χ1v) is 8.58. The van der Waals surface area contributed by atoms with Gasteiger partial charge in [-0.2, -0.15) is 0 Å². The maximum Gasteiger partial charge on any atom is 0.306 e. The molecule has 0 unspecified atom stereocenters. The van der Waals surface area contributed by atoms with Crippen LogP contribution in [0.15, 0.2) is 0 Å². The Morgan fingerprint density at radius 2 is 1.81 bits per heavy atom. The highest BCUT2D eigenvalue weighted by molar-refractivity contribution is 7.89. The molecule has 0 spiro atoms. The third-order valence-corrected chi connectivity index (χ3v) is 4.41. The van der Waals surface area contributed by atoms with Crippen LogP contribution in [0.4, 0.5) is 0 Å². The van der Waals surface area contributed by atoms with Crippen molar-refractivity contribution >= 4 is 22.0 Å².